The molecular formula is C69H129N3O7. The first kappa shape index (κ1) is 79.8. The van der Waals surface area contributed by atoms with Gasteiger partial charge < -0.3 is 35.1 Å². The third kappa shape index (κ3) is 68.7. The Hall–Kier alpha value is -3.47. The molecular weight excluding hydrogens is 983 g/mol. The highest BCUT2D eigenvalue weighted by atomic mass is 16.4. The zero-order valence-electron chi connectivity index (χ0n) is 53.3. The lowest BCUT2D eigenvalue weighted by Crippen LogP contribution is -2.16. The quantitative estimate of drug-likeness (QED) is 0.0368. The van der Waals surface area contributed by atoms with Crippen molar-refractivity contribution in [3.63, 3.8) is 0 Å². The van der Waals surface area contributed by atoms with Crippen LogP contribution in [0.5, 0.6) is 5.75 Å². The molecule has 1 rings (SSSR count). The molecule has 10 heteroatoms. The number of rotatable bonds is 51. The van der Waals surface area contributed by atoms with E-state index in [2.05, 4.69) is 98.2 Å². The van der Waals surface area contributed by atoms with Gasteiger partial charge in [-0.15, -0.1) is 0 Å². The van der Waals surface area contributed by atoms with Gasteiger partial charge in [-0.3, -0.25) is 14.4 Å². The fraction of sp³-hybridized carbons (Fsp3) is 0.783. The number of allylic oxidation sites excluding steroid dienone is 6. The zero-order valence-corrected chi connectivity index (χ0v) is 53.3. The molecule has 4 N–H and O–H groups in total. The minimum Gasteiger partial charge on any atom is -0.507 e. The maximum atomic E-state index is 10.4. The Morgan fingerprint density at radius 1 is 0.329 bits per heavy atom. The summed E-state index contributed by atoms with van der Waals surface area (Å²) < 4.78 is 0. The molecule has 0 fully saturated rings. The number of hydrogen-bond donors (Lipinski definition) is 4. The molecule has 0 aliphatic rings. The molecule has 0 aromatic heterocycles. The lowest BCUT2D eigenvalue weighted by atomic mass is 10.0. The van der Waals surface area contributed by atoms with E-state index in [-0.39, 0.29) is 0 Å². The third-order valence-electron chi connectivity index (χ3n) is 13.8. The number of phenols is 1. The summed E-state index contributed by atoms with van der Waals surface area (Å²) in [5, 5.41) is 35.9. The fourth-order valence-electron chi connectivity index (χ4n) is 9.25. The van der Waals surface area contributed by atoms with Gasteiger partial charge in [-0.1, -0.05) is 211 Å². The van der Waals surface area contributed by atoms with E-state index in [1.165, 1.54) is 217 Å². The standard InChI is InChI=1S/3C18H34O2.C15H27N3O/c3*1-2-3-4-5-6-7-8-9-10-11-12-13-14-15-16-17-18(19)20;1-16(2)9-12-7-13(10-17(3)4)15(19)14(8-12)11-18(5)6/h3*9-10H,2-8,11-17H2,1H3,(H,19,20);7-8,19H,9-11H2,1-6H3/b3*10-9-;. The molecule has 0 radical (unpaired) electrons. The van der Waals surface area contributed by atoms with Crippen LogP contribution < -0.4 is 0 Å². The first-order valence-electron chi connectivity index (χ1n) is 32.5. The lowest BCUT2D eigenvalue weighted by Gasteiger charge is -2.19. The number of benzene rings is 1. The Bertz CT molecular complexity index is 1420. The van der Waals surface area contributed by atoms with Gasteiger partial charge in [0.2, 0.25) is 0 Å². The number of carboxylic acids is 3. The van der Waals surface area contributed by atoms with Gasteiger partial charge in [0.1, 0.15) is 5.75 Å². The van der Waals surface area contributed by atoms with Gasteiger partial charge >= 0.3 is 17.9 Å². The molecule has 0 aliphatic heterocycles. The van der Waals surface area contributed by atoms with Crippen LogP contribution in [0.1, 0.15) is 307 Å². The number of aromatic hydroxyl groups is 1. The van der Waals surface area contributed by atoms with Crippen LogP contribution in [0.25, 0.3) is 0 Å². The minimum atomic E-state index is -0.664. The van der Waals surface area contributed by atoms with Crippen LogP contribution in [0.4, 0.5) is 0 Å². The summed E-state index contributed by atoms with van der Waals surface area (Å²) in [6.45, 7) is 9.18. The number of unbranched alkanes of at least 4 members (excludes halogenated alkanes) is 33. The molecule has 0 unspecified atom stereocenters. The molecule has 0 aliphatic carbocycles. The third-order valence-corrected chi connectivity index (χ3v) is 13.8. The lowest BCUT2D eigenvalue weighted by molar-refractivity contribution is -0.138. The van der Waals surface area contributed by atoms with E-state index in [9.17, 15) is 19.5 Å². The zero-order chi connectivity index (χ0) is 59.3. The first-order valence-corrected chi connectivity index (χ1v) is 32.5. The summed E-state index contributed by atoms with van der Waals surface area (Å²) in [4.78, 5) is 37.3. The highest BCUT2D eigenvalue weighted by Crippen LogP contribution is 2.27. The molecule has 0 saturated heterocycles. The van der Waals surface area contributed by atoms with E-state index in [0.29, 0.717) is 25.0 Å². The number of nitrogens with zero attached hydrogens (tertiary/aromatic N) is 3. The number of carbonyl (C=O) groups is 3. The largest absolute Gasteiger partial charge is 0.507 e. The van der Waals surface area contributed by atoms with E-state index in [4.69, 9.17) is 15.3 Å². The van der Waals surface area contributed by atoms with Crippen molar-refractivity contribution in [2.45, 2.75) is 310 Å². The Morgan fingerprint density at radius 2 is 0.532 bits per heavy atom. The predicted molar refractivity (Wildman–Crippen MR) is 342 cm³/mol. The van der Waals surface area contributed by atoms with Gasteiger partial charge in [0.05, 0.1) is 0 Å². The number of carboxylic acid groups (broad SMARTS) is 3. The summed E-state index contributed by atoms with van der Waals surface area (Å²) >= 11 is 0. The topological polar surface area (TPSA) is 142 Å². The van der Waals surface area contributed by atoms with E-state index in [1.807, 2.05) is 28.2 Å². The van der Waals surface area contributed by atoms with Crippen molar-refractivity contribution in [1.29, 1.82) is 0 Å². The van der Waals surface area contributed by atoms with E-state index >= 15 is 0 Å². The van der Waals surface area contributed by atoms with Crippen LogP contribution in [0, 0.1) is 0 Å². The Kier molecular flexibility index (Phi) is 64.3. The highest BCUT2D eigenvalue weighted by Gasteiger charge is 2.12. The van der Waals surface area contributed by atoms with Crippen LogP contribution in [0.3, 0.4) is 0 Å². The smallest absolute Gasteiger partial charge is 0.303 e. The van der Waals surface area contributed by atoms with Gasteiger partial charge in [-0.2, -0.15) is 0 Å². The average Bonchev–Trinajstić information content (AvgIpc) is 3.39. The molecule has 0 bridgehead atoms. The van der Waals surface area contributed by atoms with Crippen molar-refractivity contribution in [3.05, 3.63) is 65.3 Å². The van der Waals surface area contributed by atoms with Crippen molar-refractivity contribution in [2.75, 3.05) is 42.3 Å². The molecule has 0 amide bonds. The fourth-order valence-corrected chi connectivity index (χ4v) is 9.25. The number of aliphatic carboxylic acids is 3. The first-order chi connectivity index (χ1) is 38.1. The molecule has 1 aromatic rings. The monoisotopic (exact) mass is 1110 g/mol. The molecule has 462 valence electrons. The van der Waals surface area contributed by atoms with Crippen molar-refractivity contribution in [1.82, 2.24) is 14.7 Å². The van der Waals surface area contributed by atoms with Gasteiger partial charge in [-0.25, -0.2) is 0 Å². The molecule has 0 heterocycles. The Balaban J connectivity index is -0.000000975. The van der Waals surface area contributed by atoms with E-state index in [1.54, 1.807) is 0 Å². The van der Waals surface area contributed by atoms with Crippen LogP contribution in [-0.2, 0) is 34.0 Å². The summed E-state index contributed by atoms with van der Waals surface area (Å²) in [7, 11) is 12.2. The van der Waals surface area contributed by atoms with Gasteiger partial charge in [0.15, 0.2) is 0 Å². The van der Waals surface area contributed by atoms with Crippen molar-refractivity contribution in [2.24, 2.45) is 0 Å². The van der Waals surface area contributed by atoms with Crippen molar-refractivity contribution < 1.29 is 34.8 Å². The second-order valence-corrected chi connectivity index (χ2v) is 23.2. The second-order valence-electron chi connectivity index (χ2n) is 23.2. The SMILES string of the molecule is CCCCCCCC/C=C\CCCCCCCC(=O)O.CCCCCCCC/C=C\CCCCCCCC(=O)O.CCCCCCCC/C=C\CCCCCCCC(=O)O.CN(C)Cc1cc(CN(C)C)c(O)c(CN(C)C)c1. The summed E-state index contributed by atoms with van der Waals surface area (Å²) in [6, 6.07) is 4.21. The van der Waals surface area contributed by atoms with Crippen molar-refractivity contribution >= 4 is 17.9 Å². The van der Waals surface area contributed by atoms with Gasteiger partial charge in [0, 0.05) is 50.0 Å². The normalized spacial score (nSPS) is 11.4. The molecule has 0 saturated carbocycles. The molecule has 10 nitrogen and oxygen atoms in total. The maximum Gasteiger partial charge on any atom is 0.303 e. The van der Waals surface area contributed by atoms with E-state index in [0.717, 1.165) is 69.3 Å². The van der Waals surface area contributed by atoms with Crippen LogP contribution >= 0.6 is 0 Å². The average molecular weight is 1110 g/mol. The summed E-state index contributed by atoms with van der Waals surface area (Å²) in [5.74, 6) is -1.56. The minimum absolute atomic E-state index is 0.332. The molecule has 1 aromatic carbocycles. The molecule has 0 atom stereocenters. The Morgan fingerprint density at radius 3 is 0.734 bits per heavy atom. The molecule has 0 spiro atoms. The second kappa shape index (κ2) is 63.7. The number of phenolic OH excluding ortho intramolecular Hbond substituents is 1. The Labute approximate surface area is 488 Å². The van der Waals surface area contributed by atoms with Crippen LogP contribution in [0.2, 0.25) is 0 Å². The van der Waals surface area contributed by atoms with Crippen LogP contribution in [-0.4, -0.2) is 95.3 Å². The summed E-state index contributed by atoms with van der Waals surface area (Å²) in [6.07, 6.45) is 63.7. The maximum absolute atomic E-state index is 10.4. The predicted octanol–water partition coefficient (Wildman–Crippen LogP) is 19.9. The summed E-state index contributed by atoms with van der Waals surface area (Å²) in [5.41, 5.74) is 3.25. The number of hydrogen-bond acceptors (Lipinski definition) is 7. The highest BCUT2D eigenvalue weighted by molar-refractivity contribution is 5.67. The van der Waals surface area contributed by atoms with Crippen molar-refractivity contribution in [3.8, 4) is 5.75 Å². The van der Waals surface area contributed by atoms with Crippen LogP contribution in [0.15, 0.2) is 48.6 Å². The van der Waals surface area contributed by atoms with Gasteiger partial charge in [-0.05, 0) is 156 Å². The van der Waals surface area contributed by atoms with Gasteiger partial charge in [0.25, 0.3) is 0 Å². The molecule has 79 heavy (non-hydrogen) atoms. The van der Waals surface area contributed by atoms with E-state index < -0.39 is 17.9 Å².